The molecule has 11 heteroatoms. The van der Waals surface area contributed by atoms with Gasteiger partial charge in [-0.15, -0.1) is 0 Å². The van der Waals surface area contributed by atoms with Crippen molar-refractivity contribution in [2.45, 2.75) is 5.75 Å². The van der Waals surface area contributed by atoms with Gasteiger partial charge in [0.15, 0.2) is 0 Å². The van der Waals surface area contributed by atoms with Crippen molar-refractivity contribution in [2.75, 3.05) is 7.11 Å². The molecule has 2 aromatic carbocycles. The van der Waals surface area contributed by atoms with Crippen LogP contribution in [0.5, 0.6) is 17.4 Å². The number of carbonyl (C=O) groups excluding carboxylic acids is 1. The number of halogens is 1. The SMILES string of the molecule is COc1cc(CS(=O)(=O)NC(=O)c2cccc(Oc3cccc(Cl)c3C#N)c2)sn1. The maximum atomic E-state index is 12.4. The zero-order valence-electron chi connectivity index (χ0n) is 15.5. The quantitative estimate of drug-likeness (QED) is 0.567. The van der Waals surface area contributed by atoms with E-state index in [4.69, 9.17) is 21.1 Å². The lowest BCUT2D eigenvalue weighted by atomic mass is 10.2. The number of hydrogen-bond donors (Lipinski definition) is 1. The second kappa shape index (κ2) is 9.13. The number of nitriles is 1. The van der Waals surface area contributed by atoms with Crippen LogP contribution >= 0.6 is 23.1 Å². The summed E-state index contributed by atoms with van der Waals surface area (Å²) < 4.78 is 41.1. The zero-order chi connectivity index (χ0) is 21.7. The first kappa shape index (κ1) is 21.6. The number of ether oxygens (including phenoxy) is 2. The summed E-state index contributed by atoms with van der Waals surface area (Å²) in [5.41, 5.74) is 0.218. The molecule has 1 heterocycles. The molecule has 0 saturated carbocycles. The Labute approximate surface area is 181 Å². The zero-order valence-corrected chi connectivity index (χ0v) is 17.8. The summed E-state index contributed by atoms with van der Waals surface area (Å²) in [6.45, 7) is 0. The average molecular weight is 464 g/mol. The predicted octanol–water partition coefficient (Wildman–Crippen LogP) is 3.73. The van der Waals surface area contributed by atoms with Crippen LogP contribution in [-0.4, -0.2) is 25.8 Å². The van der Waals surface area contributed by atoms with E-state index in [0.717, 1.165) is 11.5 Å². The van der Waals surface area contributed by atoms with Crippen molar-refractivity contribution in [1.29, 1.82) is 5.26 Å². The molecule has 0 radical (unpaired) electrons. The number of carbonyl (C=O) groups is 1. The van der Waals surface area contributed by atoms with Crippen molar-refractivity contribution >= 4 is 39.1 Å². The Morgan fingerprint density at radius 2 is 2.03 bits per heavy atom. The normalized spacial score (nSPS) is 10.8. The summed E-state index contributed by atoms with van der Waals surface area (Å²) in [4.78, 5) is 12.9. The molecular weight excluding hydrogens is 450 g/mol. The van der Waals surface area contributed by atoms with Crippen LogP contribution in [0.15, 0.2) is 48.5 Å². The van der Waals surface area contributed by atoms with E-state index in [1.54, 1.807) is 24.3 Å². The molecule has 8 nitrogen and oxygen atoms in total. The number of amides is 1. The topological polar surface area (TPSA) is 118 Å². The van der Waals surface area contributed by atoms with Crippen LogP contribution in [0.3, 0.4) is 0 Å². The number of benzene rings is 2. The number of sulfonamides is 1. The summed E-state index contributed by atoms with van der Waals surface area (Å²) in [5.74, 6) is -0.465. The second-order valence-corrected chi connectivity index (χ2v) is 8.90. The van der Waals surface area contributed by atoms with Gasteiger partial charge in [-0.05, 0) is 41.9 Å². The molecule has 0 atom stereocenters. The van der Waals surface area contributed by atoms with Gasteiger partial charge in [-0.25, -0.2) is 13.1 Å². The van der Waals surface area contributed by atoms with Gasteiger partial charge < -0.3 is 9.47 Å². The lowest BCUT2D eigenvalue weighted by Crippen LogP contribution is -2.31. The molecule has 0 fully saturated rings. The molecule has 30 heavy (non-hydrogen) atoms. The Morgan fingerprint density at radius 1 is 1.27 bits per heavy atom. The van der Waals surface area contributed by atoms with Crippen molar-refractivity contribution in [3.8, 4) is 23.4 Å². The number of rotatable bonds is 7. The van der Waals surface area contributed by atoms with E-state index in [0.29, 0.717) is 10.8 Å². The van der Waals surface area contributed by atoms with Gasteiger partial charge in [0.05, 0.1) is 12.1 Å². The van der Waals surface area contributed by atoms with E-state index in [2.05, 4.69) is 4.37 Å². The lowest BCUT2D eigenvalue weighted by molar-refractivity contribution is 0.0981. The van der Waals surface area contributed by atoms with Gasteiger partial charge in [0.1, 0.15) is 28.9 Å². The minimum absolute atomic E-state index is 0.0681. The van der Waals surface area contributed by atoms with Crippen LogP contribution in [-0.2, 0) is 15.8 Å². The van der Waals surface area contributed by atoms with Crippen LogP contribution < -0.4 is 14.2 Å². The van der Waals surface area contributed by atoms with Gasteiger partial charge in [-0.1, -0.05) is 23.7 Å². The molecule has 0 spiro atoms. The van der Waals surface area contributed by atoms with Crippen LogP contribution in [0.1, 0.15) is 20.8 Å². The highest BCUT2D eigenvalue weighted by Gasteiger charge is 2.19. The number of nitrogens with zero attached hydrogens (tertiary/aromatic N) is 2. The minimum atomic E-state index is -3.95. The van der Waals surface area contributed by atoms with E-state index in [1.165, 1.54) is 31.4 Å². The molecule has 0 aliphatic heterocycles. The van der Waals surface area contributed by atoms with E-state index in [-0.39, 0.29) is 27.6 Å². The van der Waals surface area contributed by atoms with Crippen molar-refractivity contribution in [3.05, 3.63) is 69.6 Å². The molecule has 1 N–H and O–H groups in total. The summed E-state index contributed by atoms with van der Waals surface area (Å²) in [5, 5.41) is 9.46. The van der Waals surface area contributed by atoms with Crippen LogP contribution in [0, 0.1) is 11.3 Å². The highest BCUT2D eigenvalue weighted by molar-refractivity contribution is 7.89. The lowest BCUT2D eigenvalue weighted by Gasteiger charge is -2.10. The minimum Gasteiger partial charge on any atom is -0.480 e. The molecular formula is C19H14ClN3O5S2. The van der Waals surface area contributed by atoms with Gasteiger partial charge in [-0.2, -0.15) is 9.64 Å². The fourth-order valence-electron chi connectivity index (χ4n) is 2.41. The van der Waals surface area contributed by atoms with E-state index in [1.807, 2.05) is 10.8 Å². The van der Waals surface area contributed by atoms with Crippen LogP contribution in [0.2, 0.25) is 5.02 Å². The van der Waals surface area contributed by atoms with Crippen molar-refractivity contribution in [1.82, 2.24) is 9.10 Å². The Kier molecular flexibility index (Phi) is 6.56. The fraction of sp³-hybridized carbons (Fsp3) is 0.105. The molecule has 0 saturated heterocycles. The second-order valence-electron chi connectivity index (χ2n) is 5.88. The van der Waals surface area contributed by atoms with E-state index in [9.17, 15) is 18.5 Å². The summed E-state index contributed by atoms with van der Waals surface area (Å²) in [7, 11) is -2.53. The van der Waals surface area contributed by atoms with Gasteiger partial charge in [0.2, 0.25) is 15.9 Å². The van der Waals surface area contributed by atoms with Gasteiger partial charge >= 0.3 is 0 Å². The Hall–Kier alpha value is -3.13. The Balaban J connectivity index is 1.74. The van der Waals surface area contributed by atoms with E-state index >= 15 is 0 Å². The molecule has 0 bridgehead atoms. The molecule has 1 aromatic heterocycles. The van der Waals surface area contributed by atoms with Gasteiger partial charge in [0.25, 0.3) is 5.91 Å². The third kappa shape index (κ3) is 5.27. The fourth-order valence-corrected chi connectivity index (χ4v) is 4.71. The Bertz CT molecular complexity index is 1230. The summed E-state index contributed by atoms with van der Waals surface area (Å²) >= 11 is 6.95. The van der Waals surface area contributed by atoms with Crippen molar-refractivity contribution in [3.63, 3.8) is 0 Å². The predicted molar refractivity (Wildman–Crippen MR) is 111 cm³/mol. The molecule has 3 aromatic rings. The van der Waals surface area contributed by atoms with Gasteiger partial charge in [-0.3, -0.25) is 4.79 Å². The summed E-state index contributed by atoms with van der Waals surface area (Å²) in [6, 6.07) is 14.1. The monoisotopic (exact) mass is 463 g/mol. The molecule has 3 rings (SSSR count). The van der Waals surface area contributed by atoms with Crippen molar-refractivity contribution < 1.29 is 22.7 Å². The number of hydrogen-bond acceptors (Lipinski definition) is 8. The first-order valence-corrected chi connectivity index (χ1v) is 11.1. The molecule has 1 amide bonds. The smallest absolute Gasteiger partial charge is 0.264 e. The maximum Gasteiger partial charge on any atom is 0.264 e. The average Bonchev–Trinajstić information content (AvgIpc) is 3.15. The van der Waals surface area contributed by atoms with Crippen LogP contribution in [0.4, 0.5) is 0 Å². The number of nitrogens with one attached hydrogen (secondary N) is 1. The molecule has 0 unspecified atom stereocenters. The first-order chi connectivity index (χ1) is 14.3. The third-order valence-electron chi connectivity index (χ3n) is 3.74. The van der Waals surface area contributed by atoms with Gasteiger partial charge in [0, 0.05) is 16.5 Å². The van der Waals surface area contributed by atoms with Crippen LogP contribution in [0.25, 0.3) is 0 Å². The first-order valence-electron chi connectivity index (χ1n) is 8.32. The summed E-state index contributed by atoms with van der Waals surface area (Å²) in [6.07, 6.45) is 0. The third-order valence-corrected chi connectivity index (χ3v) is 6.19. The van der Waals surface area contributed by atoms with E-state index < -0.39 is 21.7 Å². The molecule has 0 aliphatic rings. The molecule has 154 valence electrons. The highest BCUT2D eigenvalue weighted by Crippen LogP contribution is 2.30. The molecule has 0 aliphatic carbocycles. The highest BCUT2D eigenvalue weighted by atomic mass is 35.5. The maximum absolute atomic E-state index is 12.4. The number of methoxy groups -OCH3 is 1. The largest absolute Gasteiger partial charge is 0.480 e. The standard InChI is InChI=1S/C19H14ClN3O5S2/c1-27-18-9-14(29-22-18)11-30(25,26)23-19(24)12-4-2-5-13(8-12)28-17-7-3-6-16(20)15(17)10-21/h2-9H,11H2,1H3,(H,23,24). The number of aromatic nitrogens is 1. The van der Waals surface area contributed by atoms with Crippen molar-refractivity contribution in [2.24, 2.45) is 0 Å². The Morgan fingerprint density at radius 3 is 2.73 bits per heavy atom.